The number of benzene rings is 2. The number of sulfonamides is 1. The number of nitrogens with one attached hydrogen (secondary N) is 2. The van der Waals surface area contributed by atoms with Gasteiger partial charge in [0.05, 0.1) is 17.1 Å². The van der Waals surface area contributed by atoms with Crippen LogP contribution in [0, 0.1) is 32.4 Å². The third kappa shape index (κ3) is 4.86. The highest BCUT2D eigenvalue weighted by atomic mass is 32.2. The molecule has 0 bridgehead atoms. The van der Waals surface area contributed by atoms with Gasteiger partial charge in [-0.3, -0.25) is 4.79 Å². The maximum absolute atomic E-state index is 13.7. The van der Waals surface area contributed by atoms with Gasteiger partial charge < -0.3 is 5.32 Å². The first kappa shape index (κ1) is 21.9. The molecule has 0 aliphatic carbocycles. The van der Waals surface area contributed by atoms with Crippen molar-refractivity contribution in [1.82, 2.24) is 14.9 Å². The minimum Gasteiger partial charge on any atom is -0.317 e. The van der Waals surface area contributed by atoms with Gasteiger partial charge in [0.25, 0.3) is 5.91 Å². The third-order valence-corrected chi connectivity index (χ3v) is 6.80. The molecule has 0 unspecified atom stereocenters. The van der Waals surface area contributed by atoms with Crippen LogP contribution in [0.4, 0.5) is 14.5 Å². The van der Waals surface area contributed by atoms with Crippen LogP contribution in [0.2, 0.25) is 0 Å². The minimum atomic E-state index is -3.79. The standard InChI is InChI=1S/C19H18F2N4O3S2/c1-10-6-12(3)16(7-11(10)2)30(27,28)22-9-17-24-25-19(29-17)18(26)23-15-5-4-13(20)8-14(15)21/h4-8,22H,9H2,1-3H3,(H,23,26). The van der Waals surface area contributed by atoms with Gasteiger partial charge in [-0.2, -0.15) is 0 Å². The summed E-state index contributed by atoms with van der Waals surface area (Å²) >= 11 is 0.857. The molecule has 0 aliphatic rings. The van der Waals surface area contributed by atoms with Crippen molar-refractivity contribution in [2.45, 2.75) is 32.2 Å². The Kier molecular flexibility index (Phi) is 6.25. The van der Waals surface area contributed by atoms with Crippen molar-refractivity contribution in [3.05, 3.63) is 68.7 Å². The molecule has 0 fully saturated rings. The predicted octanol–water partition coefficient (Wildman–Crippen LogP) is 3.47. The molecule has 0 saturated heterocycles. The second-order valence-electron chi connectivity index (χ2n) is 6.61. The fraction of sp³-hybridized carbons (Fsp3) is 0.211. The first-order valence-electron chi connectivity index (χ1n) is 8.73. The lowest BCUT2D eigenvalue weighted by atomic mass is 10.1. The largest absolute Gasteiger partial charge is 0.317 e. The molecule has 158 valence electrons. The number of nitrogens with zero attached hydrogens (tertiary/aromatic N) is 2. The Bertz CT molecular complexity index is 1230. The summed E-state index contributed by atoms with van der Waals surface area (Å²) in [7, 11) is -3.79. The van der Waals surface area contributed by atoms with Crippen LogP contribution in [0.15, 0.2) is 35.2 Å². The van der Waals surface area contributed by atoms with Crippen LogP contribution < -0.4 is 10.0 Å². The van der Waals surface area contributed by atoms with Gasteiger partial charge in [0.15, 0.2) is 0 Å². The molecular weight excluding hydrogens is 434 g/mol. The highest BCUT2D eigenvalue weighted by molar-refractivity contribution is 7.89. The number of halogens is 2. The minimum absolute atomic E-state index is 0.0877. The number of aryl methyl sites for hydroxylation is 3. The Balaban J connectivity index is 1.69. The lowest BCUT2D eigenvalue weighted by Crippen LogP contribution is -2.24. The van der Waals surface area contributed by atoms with E-state index in [1.54, 1.807) is 19.1 Å². The lowest BCUT2D eigenvalue weighted by molar-refractivity contribution is 0.102. The molecule has 0 atom stereocenters. The Morgan fingerprint density at radius 2 is 1.73 bits per heavy atom. The zero-order valence-electron chi connectivity index (χ0n) is 16.3. The maximum atomic E-state index is 13.7. The van der Waals surface area contributed by atoms with Crippen LogP contribution in [0.5, 0.6) is 0 Å². The van der Waals surface area contributed by atoms with E-state index in [0.717, 1.165) is 34.6 Å². The van der Waals surface area contributed by atoms with E-state index >= 15 is 0 Å². The number of aromatic nitrogens is 2. The Hall–Kier alpha value is -2.76. The van der Waals surface area contributed by atoms with Crippen LogP contribution >= 0.6 is 11.3 Å². The van der Waals surface area contributed by atoms with Gasteiger partial charge >= 0.3 is 0 Å². The van der Waals surface area contributed by atoms with Crippen molar-refractivity contribution in [2.24, 2.45) is 0 Å². The Morgan fingerprint density at radius 1 is 1.03 bits per heavy atom. The monoisotopic (exact) mass is 452 g/mol. The fourth-order valence-corrected chi connectivity index (χ4v) is 4.70. The molecule has 7 nitrogen and oxygen atoms in total. The number of rotatable bonds is 6. The second-order valence-corrected chi connectivity index (χ2v) is 9.40. The van der Waals surface area contributed by atoms with Crippen LogP contribution in [0.1, 0.15) is 31.5 Å². The molecular formula is C19H18F2N4O3S2. The summed E-state index contributed by atoms with van der Waals surface area (Å²) < 4.78 is 54.3. The van der Waals surface area contributed by atoms with Gasteiger partial charge in [-0.15, -0.1) is 10.2 Å². The molecule has 0 spiro atoms. The molecule has 0 saturated carbocycles. The molecule has 3 aromatic rings. The van der Waals surface area contributed by atoms with Crippen LogP contribution in [-0.2, 0) is 16.6 Å². The van der Waals surface area contributed by atoms with Crippen molar-refractivity contribution in [3.8, 4) is 0 Å². The predicted molar refractivity (Wildman–Crippen MR) is 109 cm³/mol. The molecule has 3 rings (SSSR count). The summed E-state index contributed by atoms with van der Waals surface area (Å²) in [6.45, 7) is 5.28. The van der Waals surface area contributed by atoms with Gasteiger partial charge in [0, 0.05) is 6.07 Å². The quantitative estimate of drug-likeness (QED) is 0.596. The number of carbonyl (C=O) groups excluding carboxylic acids is 1. The molecule has 30 heavy (non-hydrogen) atoms. The summed E-state index contributed by atoms with van der Waals surface area (Å²) in [6.07, 6.45) is 0. The Morgan fingerprint density at radius 3 is 2.43 bits per heavy atom. The van der Waals surface area contributed by atoms with Crippen molar-refractivity contribution in [3.63, 3.8) is 0 Å². The number of carbonyl (C=O) groups is 1. The molecule has 1 amide bonds. The van der Waals surface area contributed by atoms with Crippen LogP contribution in [-0.4, -0.2) is 24.5 Å². The van der Waals surface area contributed by atoms with Crippen LogP contribution in [0.25, 0.3) is 0 Å². The van der Waals surface area contributed by atoms with Gasteiger partial charge in [0.2, 0.25) is 15.0 Å². The van der Waals surface area contributed by atoms with E-state index in [-0.39, 0.29) is 27.1 Å². The average Bonchev–Trinajstić information content (AvgIpc) is 3.14. The van der Waals surface area contributed by atoms with Crippen molar-refractivity contribution < 1.29 is 22.0 Å². The zero-order chi connectivity index (χ0) is 22.1. The van der Waals surface area contributed by atoms with Gasteiger partial charge in [-0.1, -0.05) is 17.4 Å². The molecule has 0 aliphatic heterocycles. The summed E-state index contributed by atoms with van der Waals surface area (Å²) in [4.78, 5) is 12.4. The summed E-state index contributed by atoms with van der Waals surface area (Å²) in [5.41, 5.74) is 2.25. The molecule has 11 heteroatoms. The molecule has 1 aromatic heterocycles. The third-order valence-electron chi connectivity index (χ3n) is 4.33. The highest BCUT2D eigenvalue weighted by Gasteiger charge is 2.20. The molecule has 2 aromatic carbocycles. The topological polar surface area (TPSA) is 101 Å². The number of hydrogen-bond donors (Lipinski definition) is 2. The fourth-order valence-electron chi connectivity index (χ4n) is 2.64. The Labute approximate surface area is 176 Å². The highest BCUT2D eigenvalue weighted by Crippen LogP contribution is 2.21. The summed E-state index contributed by atoms with van der Waals surface area (Å²) in [6, 6.07) is 6.14. The average molecular weight is 453 g/mol. The molecule has 0 radical (unpaired) electrons. The van der Waals surface area contributed by atoms with E-state index in [2.05, 4.69) is 20.2 Å². The van der Waals surface area contributed by atoms with E-state index < -0.39 is 27.6 Å². The molecule has 1 heterocycles. The lowest BCUT2D eigenvalue weighted by Gasteiger charge is -2.11. The summed E-state index contributed by atoms with van der Waals surface area (Å²) in [5.74, 6) is -2.43. The van der Waals surface area contributed by atoms with Crippen LogP contribution in [0.3, 0.4) is 0 Å². The van der Waals surface area contributed by atoms with E-state index in [1.165, 1.54) is 0 Å². The second kappa shape index (κ2) is 8.54. The number of anilines is 1. The first-order chi connectivity index (χ1) is 14.1. The zero-order valence-corrected chi connectivity index (χ0v) is 17.9. The normalized spacial score (nSPS) is 11.5. The van der Waals surface area contributed by atoms with E-state index in [9.17, 15) is 22.0 Å². The van der Waals surface area contributed by atoms with E-state index in [1.807, 2.05) is 13.8 Å². The van der Waals surface area contributed by atoms with Gasteiger partial charge in [-0.05, 0) is 55.7 Å². The first-order valence-corrected chi connectivity index (χ1v) is 11.0. The smallest absolute Gasteiger partial charge is 0.286 e. The SMILES string of the molecule is Cc1cc(C)c(S(=O)(=O)NCc2nnc(C(=O)Nc3ccc(F)cc3F)s2)cc1C. The van der Waals surface area contributed by atoms with Crippen molar-refractivity contribution in [1.29, 1.82) is 0 Å². The number of amides is 1. The van der Waals surface area contributed by atoms with E-state index in [4.69, 9.17) is 0 Å². The number of hydrogen-bond acceptors (Lipinski definition) is 6. The summed E-state index contributed by atoms with van der Waals surface area (Å²) in [5, 5.41) is 9.93. The van der Waals surface area contributed by atoms with Gasteiger partial charge in [-0.25, -0.2) is 21.9 Å². The van der Waals surface area contributed by atoms with E-state index in [0.29, 0.717) is 11.6 Å². The van der Waals surface area contributed by atoms with Crippen molar-refractivity contribution in [2.75, 3.05) is 5.32 Å². The maximum Gasteiger partial charge on any atom is 0.286 e. The van der Waals surface area contributed by atoms with Crippen molar-refractivity contribution >= 4 is 33.0 Å². The van der Waals surface area contributed by atoms with Gasteiger partial charge in [0.1, 0.15) is 16.6 Å². The molecule has 2 N–H and O–H groups in total.